The predicted molar refractivity (Wildman–Crippen MR) is 158 cm³/mol. The number of phenols is 1. The minimum absolute atomic E-state index is 0.0527. The number of anilines is 2. The number of rotatable bonds is 3. The molecule has 0 aromatic heterocycles. The van der Waals surface area contributed by atoms with Crippen molar-refractivity contribution in [1.29, 1.82) is 0 Å². The maximum atomic E-state index is 14.4. The van der Waals surface area contributed by atoms with E-state index in [4.69, 9.17) is 23.2 Å². The molecule has 7 rings (SSSR count). The highest BCUT2D eigenvalue weighted by Crippen LogP contribution is 2.64. The zero-order valence-corrected chi connectivity index (χ0v) is 24.0. The van der Waals surface area contributed by atoms with Crippen LogP contribution in [0.25, 0.3) is 0 Å². The van der Waals surface area contributed by atoms with Gasteiger partial charge < -0.3 is 5.11 Å². The van der Waals surface area contributed by atoms with E-state index >= 15 is 0 Å². The van der Waals surface area contributed by atoms with E-state index in [2.05, 4.69) is 0 Å². The summed E-state index contributed by atoms with van der Waals surface area (Å²) in [7, 11) is 0. The van der Waals surface area contributed by atoms with Crippen LogP contribution in [0.15, 0.2) is 84.4 Å². The van der Waals surface area contributed by atoms with Gasteiger partial charge in [0.2, 0.25) is 23.6 Å². The Morgan fingerprint density at radius 3 is 2.17 bits per heavy atom. The molecule has 4 aliphatic rings. The van der Waals surface area contributed by atoms with Crippen molar-refractivity contribution in [3.8, 4) is 5.75 Å². The number of fused-ring (bicyclic) bond motifs is 4. The fourth-order valence-electron chi connectivity index (χ4n) is 7.78. The van der Waals surface area contributed by atoms with E-state index in [0.29, 0.717) is 33.4 Å². The van der Waals surface area contributed by atoms with Gasteiger partial charge in [-0.1, -0.05) is 53.1 Å². The summed E-state index contributed by atoms with van der Waals surface area (Å²) in [6.07, 6.45) is 2.47. The van der Waals surface area contributed by atoms with Crippen molar-refractivity contribution in [3.05, 3.63) is 100 Å². The Morgan fingerprint density at radius 2 is 1.45 bits per heavy atom. The molecule has 1 saturated carbocycles. The number of hydrogen-bond donors (Lipinski definition) is 1. The number of hydrogen-bond acceptors (Lipinski definition) is 5. The molecule has 3 fully saturated rings. The molecule has 42 heavy (non-hydrogen) atoms. The summed E-state index contributed by atoms with van der Waals surface area (Å²) in [4.78, 5) is 58.7. The molecule has 6 atom stereocenters. The lowest BCUT2D eigenvalue weighted by Gasteiger charge is -2.49. The third-order valence-electron chi connectivity index (χ3n) is 9.67. The van der Waals surface area contributed by atoms with Crippen molar-refractivity contribution in [2.24, 2.45) is 29.1 Å². The molecule has 7 nitrogen and oxygen atoms in total. The molecule has 3 aromatic rings. The van der Waals surface area contributed by atoms with Crippen molar-refractivity contribution >= 4 is 58.2 Å². The third kappa shape index (κ3) is 3.66. The Labute approximate surface area is 252 Å². The molecule has 2 aliphatic heterocycles. The van der Waals surface area contributed by atoms with Gasteiger partial charge in [0.15, 0.2) is 0 Å². The lowest BCUT2D eigenvalue weighted by Crippen LogP contribution is -2.48. The van der Waals surface area contributed by atoms with Crippen LogP contribution in [-0.2, 0) is 19.2 Å². The van der Waals surface area contributed by atoms with Crippen LogP contribution in [0.1, 0.15) is 31.2 Å². The Balaban J connectivity index is 1.38. The largest absolute Gasteiger partial charge is 0.508 e. The Kier molecular flexibility index (Phi) is 6.12. The van der Waals surface area contributed by atoms with Crippen LogP contribution in [0.5, 0.6) is 5.75 Å². The van der Waals surface area contributed by atoms with Crippen molar-refractivity contribution in [3.63, 3.8) is 0 Å². The quantitative estimate of drug-likeness (QED) is 0.288. The maximum Gasteiger partial charge on any atom is 0.241 e. The first-order valence-corrected chi connectivity index (χ1v) is 14.6. The molecule has 0 spiro atoms. The zero-order valence-electron chi connectivity index (χ0n) is 22.5. The van der Waals surface area contributed by atoms with Gasteiger partial charge in [0, 0.05) is 21.5 Å². The van der Waals surface area contributed by atoms with Crippen LogP contribution >= 0.6 is 23.2 Å². The number of carbonyl (C=O) groups is 4. The van der Waals surface area contributed by atoms with Gasteiger partial charge in [-0.15, -0.1) is 0 Å². The minimum Gasteiger partial charge on any atom is -0.508 e. The van der Waals surface area contributed by atoms with Crippen molar-refractivity contribution in [1.82, 2.24) is 0 Å². The molecule has 2 saturated heterocycles. The van der Waals surface area contributed by atoms with Crippen molar-refractivity contribution in [2.75, 3.05) is 9.80 Å². The summed E-state index contributed by atoms with van der Waals surface area (Å²) in [6, 6.07) is 20.0. The van der Waals surface area contributed by atoms with E-state index in [1.54, 1.807) is 67.6 Å². The van der Waals surface area contributed by atoms with Gasteiger partial charge in [-0.25, -0.2) is 4.90 Å². The molecule has 0 unspecified atom stereocenters. The zero-order chi connectivity index (χ0) is 29.5. The summed E-state index contributed by atoms with van der Waals surface area (Å²) in [5.74, 6) is -4.74. The van der Waals surface area contributed by atoms with Gasteiger partial charge in [-0.3, -0.25) is 24.1 Å². The van der Waals surface area contributed by atoms with Gasteiger partial charge in [0.25, 0.3) is 0 Å². The first-order valence-electron chi connectivity index (χ1n) is 13.9. The van der Waals surface area contributed by atoms with E-state index in [1.807, 2.05) is 12.1 Å². The summed E-state index contributed by atoms with van der Waals surface area (Å²) in [5, 5.41) is 12.0. The van der Waals surface area contributed by atoms with Crippen LogP contribution in [0.4, 0.5) is 11.4 Å². The molecule has 1 N–H and O–H groups in total. The van der Waals surface area contributed by atoms with Gasteiger partial charge in [0.05, 0.1) is 34.5 Å². The van der Waals surface area contributed by atoms with Gasteiger partial charge in [0.1, 0.15) is 5.75 Å². The standard InChI is InChI=1S/C33H26Cl2N2O5/c1-33-25(30(40)37(32(33)42)19-5-3-2-4-6-19)16-23-21(28(33)24-15-18(35)9-14-26(24)38)12-13-22-27(23)31(41)36(29(22)39)20-10-7-17(34)8-11-20/h2-12,14-15,22-23,25,27-28,38H,13,16H2,1H3/t22-,23+,25-,27-,28+,33+/m0/s1. The van der Waals surface area contributed by atoms with Gasteiger partial charge in [-0.05, 0) is 80.3 Å². The third-order valence-corrected chi connectivity index (χ3v) is 10.2. The van der Waals surface area contributed by atoms with E-state index < -0.39 is 35.0 Å². The first kappa shape index (κ1) is 26.9. The molecule has 212 valence electrons. The topological polar surface area (TPSA) is 95.0 Å². The number of carbonyl (C=O) groups excluding carboxylic acids is 4. The number of halogens is 2. The Morgan fingerprint density at radius 1 is 0.786 bits per heavy atom. The molecule has 0 radical (unpaired) electrons. The van der Waals surface area contributed by atoms with Crippen LogP contribution in [0.3, 0.4) is 0 Å². The van der Waals surface area contributed by atoms with Gasteiger partial charge in [-0.2, -0.15) is 0 Å². The number of amides is 4. The molecule has 2 aliphatic carbocycles. The Bertz CT molecular complexity index is 1710. The van der Waals surface area contributed by atoms with Crippen LogP contribution in [0, 0.1) is 29.1 Å². The molecular formula is C33H26Cl2N2O5. The SMILES string of the molecule is C[C@@]12C(=O)N(c3ccccc3)C(=O)[C@@H]1C[C@@H]1C(=CC[C@@H]3C(=O)N(c4ccc(Cl)cc4)C(=O)[C@@H]31)[C@@H]2c1cc(Cl)ccc1O. The second kappa shape index (κ2) is 9.54. The number of phenolic OH excluding ortho intramolecular Hbond substituents is 1. The summed E-state index contributed by atoms with van der Waals surface area (Å²) < 4.78 is 0. The molecule has 4 amide bonds. The van der Waals surface area contributed by atoms with Crippen LogP contribution in [0.2, 0.25) is 10.0 Å². The number of nitrogens with zero attached hydrogens (tertiary/aromatic N) is 2. The number of para-hydroxylation sites is 1. The normalized spacial score (nSPS) is 30.3. The summed E-state index contributed by atoms with van der Waals surface area (Å²) >= 11 is 12.5. The van der Waals surface area contributed by atoms with E-state index in [-0.39, 0.29) is 35.8 Å². The molecule has 3 aromatic carbocycles. The fourth-order valence-corrected chi connectivity index (χ4v) is 8.09. The number of aromatic hydroxyl groups is 1. The molecule has 2 heterocycles. The Hall–Kier alpha value is -3.94. The average molecular weight is 601 g/mol. The summed E-state index contributed by atoms with van der Waals surface area (Å²) in [5.41, 5.74) is 0.853. The molecule has 0 bridgehead atoms. The number of benzene rings is 3. The van der Waals surface area contributed by atoms with Crippen molar-refractivity contribution < 1.29 is 24.3 Å². The average Bonchev–Trinajstić information content (AvgIpc) is 3.35. The van der Waals surface area contributed by atoms with Crippen LogP contribution < -0.4 is 9.80 Å². The highest BCUT2D eigenvalue weighted by atomic mass is 35.5. The smallest absolute Gasteiger partial charge is 0.241 e. The number of allylic oxidation sites excluding steroid dienone is 2. The van der Waals surface area contributed by atoms with Gasteiger partial charge >= 0.3 is 0 Å². The lowest BCUT2D eigenvalue weighted by molar-refractivity contribution is -0.131. The van der Waals surface area contributed by atoms with Crippen LogP contribution in [-0.4, -0.2) is 28.7 Å². The second-order valence-electron chi connectivity index (χ2n) is 11.7. The molecular weight excluding hydrogens is 575 g/mol. The maximum absolute atomic E-state index is 14.4. The predicted octanol–water partition coefficient (Wildman–Crippen LogP) is 6.13. The molecule has 9 heteroatoms. The highest BCUT2D eigenvalue weighted by Gasteiger charge is 2.68. The van der Waals surface area contributed by atoms with E-state index in [9.17, 15) is 24.3 Å². The van der Waals surface area contributed by atoms with E-state index in [1.165, 1.54) is 15.9 Å². The van der Waals surface area contributed by atoms with Crippen molar-refractivity contribution in [2.45, 2.75) is 25.7 Å². The van der Waals surface area contributed by atoms with E-state index in [0.717, 1.165) is 5.57 Å². The minimum atomic E-state index is -1.26. The monoisotopic (exact) mass is 600 g/mol. The summed E-state index contributed by atoms with van der Waals surface area (Å²) in [6.45, 7) is 1.77. The first-order chi connectivity index (χ1) is 20.1. The fraction of sp³-hybridized carbons (Fsp3) is 0.273. The second-order valence-corrected chi connectivity index (χ2v) is 12.6. The number of imide groups is 2. The lowest BCUT2D eigenvalue weighted by atomic mass is 9.51. The highest BCUT2D eigenvalue weighted by molar-refractivity contribution is 6.31.